The fraction of sp³-hybridized carbons (Fsp3) is 0.647. The average Bonchev–Trinajstić information content (AvgIpc) is 2.31. The van der Waals surface area contributed by atoms with Crippen LogP contribution in [0.1, 0.15) is 48.9 Å². The molecule has 0 saturated carbocycles. The van der Waals surface area contributed by atoms with Crippen molar-refractivity contribution in [1.82, 2.24) is 0 Å². The minimum atomic E-state index is 0.520. The zero-order chi connectivity index (χ0) is 13.7. The van der Waals surface area contributed by atoms with Crippen molar-refractivity contribution in [2.75, 3.05) is 6.61 Å². The zero-order valence-electron chi connectivity index (χ0n) is 12.8. The second kappa shape index (κ2) is 6.94. The summed E-state index contributed by atoms with van der Waals surface area (Å²) in [5.74, 6) is 0.797. The molecule has 1 aliphatic rings. The molecule has 18 heavy (non-hydrogen) atoms. The third-order valence-electron chi connectivity index (χ3n) is 3.80. The number of rotatable bonds is 0. The molecule has 1 nitrogen and oxygen atoms in total. The van der Waals surface area contributed by atoms with Gasteiger partial charge in [0.05, 0.1) is 6.10 Å². The highest BCUT2D eigenvalue weighted by Crippen LogP contribution is 2.17. The van der Waals surface area contributed by atoms with Crippen LogP contribution in [0.4, 0.5) is 0 Å². The molecule has 0 radical (unpaired) electrons. The van der Waals surface area contributed by atoms with E-state index in [9.17, 15) is 0 Å². The maximum atomic E-state index is 5.39. The van der Waals surface area contributed by atoms with E-state index in [0.717, 1.165) is 12.5 Å². The van der Waals surface area contributed by atoms with E-state index < -0.39 is 0 Å². The lowest BCUT2D eigenvalue weighted by molar-refractivity contribution is 0.000267. The quantitative estimate of drug-likeness (QED) is 0.644. The van der Waals surface area contributed by atoms with E-state index in [-0.39, 0.29) is 0 Å². The van der Waals surface area contributed by atoms with Crippen LogP contribution in [-0.2, 0) is 4.74 Å². The fourth-order valence-corrected chi connectivity index (χ4v) is 2.27. The van der Waals surface area contributed by atoms with Crippen LogP contribution < -0.4 is 0 Å². The number of aryl methyl sites for hydroxylation is 3. The van der Waals surface area contributed by atoms with Crippen molar-refractivity contribution in [3.8, 4) is 0 Å². The molecular weight excluding hydrogens is 220 g/mol. The summed E-state index contributed by atoms with van der Waals surface area (Å²) in [5.41, 5.74) is 5.58. The van der Waals surface area contributed by atoms with Gasteiger partial charge in [0.1, 0.15) is 0 Å². The highest BCUT2D eigenvalue weighted by atomic mass is 16.5. The lowest BCUT2D eigenvalue weighted by Gasteiger charge is -2.23. The van der Waals surface area contributed by atoms with Crippen LogP contribution >= 0.6 is 0 Å². The van der Waals surface area contributed by atoms with Gasteiger partial charge in [0.25, 0.3) is 0 Å². The molecule has 102 valence electrons. The van der Waals surface area contributed by atoms with Crippen LogP contribution in [0.3, 0.4) is 0 Å². The maximum absolute atomic E-state index is 5.39. The van der Waals surface area contributed by atoms with Crippen molar-refractivity contribution >= 4 is 0 Å². The summed E-state index contributed by atoms with van der Waals surface area (Å²) < 4.78 is 5.39. The first-order valence-corrected chi connectivity index (χ1v) is 7.06. The molecule has 0 amide bonds. The third kappa shape index (κ3) is 4.81. The molecule has 1 heteroatoms. The van der Waals surface area contributed by atoms with Gasteiger partial charge in [-0.05, 0) is 70.1 Å². The van der Waals surface area contributed by atoms with Gasteiger partial charge in [-0.1, -0.05) is 24.6 Å². The van der Waals surface area contributed by atoms with Crippen molar-refractivity contribution < 1.29 is 4.74 Å². The molecule has 1 fully saturated rings. The van der Waals surface area contributed by atoms with E-state index in [2.05, 4.69) is 53.7 Å². The molecule has 2 rings (SSSR count). The normalized spacial score (nSPS) is 23.2. The van der Waals surface area contributed by atoms with E-state index >= 15 is 0 Å². The lowest BCUT2D eigenvalue weighted by atomic mass is 10.0. The second-order valence-corrected chi connectivity index (χ2v) is 5.85. The Morgan fingerprint density at radius 1 is 0.944 bits per heavy atom. The highest BCUT2D eigenvalue weighted by molar-refractivity contribution is 5.35. The molecule has 0 aliphatic carbocycles. The van der Waals surface area contributed by atoms with Crippen molar-refractivity contribution in [1.29, 1.82) is 0 Å². The van der Waals surface area contributed by atoms with Gasteiger partial charge in [-0.15, -0.1) is 0 Å². The standard InChI is InChI=1S/C10H14.C7H14O/c1-7-5-8(2)10(4)9(3)6-7;1-6-3-4-7(2)8-5-6/h5-6H,1-4H3;6-7H,3-5H2,1-2H3. The summed E-state index contributed by atoms with van der Waals surface area (Å²) in [5, 5.41) is 0. The Kier molecular flexibility index (Phi) is 5.87. The summed E-state index contributed by atoms with van der Waals surface area (Å²) in [6.45, 7) is 14.0. The first-order valence-electron chi connectivity index (χ1n) is 7.06. The molecule has 1 saturated heterocycles. The Labute approximate surface area is 113 Å². The SMILES string of the molecule is CC1CCC(C)OC1.Cc1cc(C)c(C)c(C)c1. The number of hydrogen-bond acceptors (Lipinski definition) is 1. The van der Waals surface area contributed by atoms with E-state index in [1.54, 1.807) is 0 Å². The predicted octanol–water partition coefficient (Wildman–Crippen LogP) is 4.74. The summed E-state index contributed by atoms with van der Waals surface area (Å²) in [7, 11) is 0. The summed E-state index contributed by atoms with van der Waals surface area (Å²) in [6, 6.07) is 4.45. The summed E-state index contributed by atoms with van der Waals surface area (Å²) in [6.07, 6.45) is 3.12. The molecule has 1 heterocycles. The van der Waals surface area contributed by atoms with Gasteiger partial charge in [-0.2, -0.15) is 0 Å². The Balaban J connectivity index is 0.000000184. The monoisotopic (exact) mass is 248 g/mol. The van der Waals surface area contributed by atoms with Gasteiger partial charge in [0, 0.05) is 6.61 Å². The smallest absolute Gasteiger partial charge is 0.0547 e. The first kappa shape index (κ1) is 15.2. The Morgan fingerprint density at radius 3 is 1.89 bits per heavy atom. The van der Waals surface area contributed by atoms with Crippen LogP contribution in [0.2, 0.25) is 0 Å². The molecule has 2 unspecified atom stereocenters. The van der Waals surface area contributed by atoms with Crippen LogP contribution in [0.5, 0.6) is 0 Å². The molecule has 0 N–H and O–H groups in total. The van der Waals surface area contributed by atoms with Crippen LogP contribution in [0, 0.1) is 33.6 Å². The third-order valence-corrected chi connectivity index (χ3v) is 3.80. The van der Waals surface area contributed by atoms with Crippen molar-refractivity contribution in [2.24, 2.45) is 5.92 Å². The van der Waals surface area contributed by atoms with E-state index in [4.69, 9.17) is 4.74 Å². The summed E-state index contributed by atoms with van der Waals surface area (Å²) >= 11 is 0. The van der Waals surface area contributed by atoms with E-state index in [1.165, 1.54) is 35.1 Å². The largest absolute Gasteiger partial charge is 0.378 e. The van der Waals surface area contributed by atoms with E-state index in [0.29, 0.717) is 6.10 Å². The first-order chi connectivity index (χ1) is 8.40. The second-order valence-electron chi connectivity index (χ2n) is 5.85. The molecule has 0 aromatic heterocycles. The van der Waals surface area contributed by atoms with Gasteiger partial charge < -0.3 is 4.74 Å². The molecule has 0 bridgehead atoms. The number of ether oxygens (including phenoxy) is 1. The van der Waals surface area contributed by atoms with Gasteiger partial charge in [0.15, 0.2) is 0 Å². The van der Waals surface area contributed by atoms with Gasteiger partial charge in [-0.3, -0.25) is 0 Å². The van der Waals surface area contributed by atoms with E-state index in [1.807, 2.05) is 0 Å². The van der Waals surface area contributed by atoms with Crippen molar-refractivity contribution in [3.05, 3.63) is 34.4 Å². The zero-order valence-corrected chi connectivity index (χ0v) is 12.8. The number of benzene rings is 1. The van der Waals surface area contributed by atoms with Crippen LogP contribution in [0.25, 0.3) is 0 Å². The van der Waals surface area contributed by atoms with Crippen molar-refractivity contribution in [2.45, 2.75) is 60.5 Å². The molecule has 1 aliphatic heterocycles. The average molecular weight is 248 g/mol. The maximum Gasteiger partial charge on any atom is 0.0547 e. The Bertz CT molecular complexity index is 340. The van der Waals surface area contributed by atoms with Crippen LogP contribution in [-0.4, -0.2) is 12.7 Å². The molecule has 1 aromatic carbocycles. The van der Waals surface area contributed by atoms with Crippen LogP contribution in [0.15, 0.2) is 12.1 Å². The van der Waals surface area contributed by atoms with Gasteiger partial charge in [0.2, 0.25) is 0 Å². The predicted molar refractivity (Wildman–Crippen MR) is 79.2 cm³/mol. The fourth-order valence-electron chi connectivity index (χ4n) is 2.27. The lowest BCUT2D eigenvalue weighted by Crippen LogP contribution is -2.21. The van der Waals surface area contributed by atoms with Gasteiger partial charge in [-0.25, -0.2) is 0 Å². The molecule has 0 spiro atoms. The van der Waals surface area contributed by atoms with Crippen molar-refractivity contribution in [3.63, 3.8) is 0 Å². The highest BCUT2D eigenvalue weighted by Gasteiger charge is 2.13. The number of hydrogen-bond donors (Lipinski definition) is 0. The topological polar surface area (TPSA) is 9.23 Å². The molecule has 1 aromatic rings. The Hall–Kier alpha value is -0.820. The molecular formula is C17H28O. The molecule has 2 atom stereocenters. The summed E-state index contributed by atoms with van der Waals surface area (Å²) in [4.78, 5) is 0. The minimum Gasteiger partial charge on any atom is -0.378 e. The Morgan fingerprint density at radius 2 is 1.50 bits per heavy atom. The van der Waals surface area contributed by atoms with Gasteiger partial charge >= 0.3 is 0 Å². The minimum absolute atomic E-state index is 0.520.